The van der Waals surface area contributed by atoms with Crippen LogP contribution in [0.25, 0.3) is 0 Å². The molecule has 5 aliphatic rings. The Morgan fingerprint density at radius 3 is 2.62 bits per heavy atom. The van der Waals surface area contributed by atoms with Gasteiger partial charge in [-0.05, 0) is 37.7 Å². The van der Waals surface area contributed by atoms with Crippen molar-refractivity contribution in [2.45, 2.75) is 69.7 Å². The maximum atomic E-state index is 13.5. The topological polar surface area (TPSA) is 36.9 Å². The lowest BCUT2D eigenvalue weighted by Crippen LogP contribution is -2.67. The van der Waals surface area contributed by atoms with Gasteiger partial charge in [0.05, 0.1) is 7.85 Å². The van der Waals surface area contributed by atoms with E-state index in [1.165, 1.54) is 0 Å². The van der Waals surface area contributed by atoms with Gasteiger partial charge in [-0.25, -0.2) is 9.78 Å². The van der Waals surface area contributed by atoms with Crippen molar-refractivity contribution >= 4 is 7.85 Å². The zero-order chi connectivity index (χ0) is 17.3. The summed E-state index contributed by atoms with van der Waals surface area (Å²) >= 11 is 0. The highest BCUT2D eigenvalue weighted by Gasteiger charge is 2.69. The lowest BCUT2D eigenvalue weighted by atomic mass is 9.58. The Labute approximate surface area is 140 Å². The van der Waals surface area contributed by atoms with Crippen LogP contribution in [0.4, 0.5) is 13.2 Å². The van der Waals surface area contributed by atoms with Gasteiger partial charge >= 0.3 is 6.18 Å². The normalized spacial score (nSPS) is 47.9. The summed E-state index contributed by atoms with van der Waals surface area (Å²) in [6, 6.07) is 0. The lowest BCUT2D eigenvalue weighted by Gasteiger charge is -2.57. The smallest absolute Gasteiger partial charge is 0.448 e. The molecule has 4 fully saturated rings. The Morgan fingerprint density at radius 1 is 1.21 bits per heavy atom. The van der Waals surface area contributed by atoms with E-state index < -0.39 is 35.5 Å². The number of halogens is 3. The number of hydrogen-bond acceptors (Lipinski definition) is 4. The van der Waals surface area contributed by atoms with Crippen LogP contribution in [0.5, 0.6) is 0 Å². The molecule has 4 heterocycles. The number of allylic oxidation sites excluding steroid dienone is 1. The predicted octanol–water partition coefficient (Wildman–Crippen LogP) is 3.64. The molecule has 1 aliphatic carbocycles. The molecule has 0 N–H and O–H groups in total. The van der Waals surface area contributed by atoms with Crippen molar-refractivity contribution in [1.29, 1.82) is 0 Å². The largest absolute Gasteiger partial charge is 0.456 e. The molecule has 1 unspecified atom stereocenters. The molecular formula is C16H20BF3O4. The zero-order valence-corrected chi connectivity index (χ0v) is 13.7. The standard InChI is InChI=1S/C16H20BF3O4/c1-8-3-4-11-9(7-17)12(16(18,19)20)21-13-15(11)10(8)5-6-14(2,22-13)23-24-15/h8,10-11,13H,3-7H2,1-2H3/t8-,10?,11+,13-,14+,15-/m1/s1. The van der Waals surface area contributed by atoms with E-state index in [1.54, 1.807) is 6.92 Å². The van der Waals surface area contributed by atoms with Crippen LogP contribution in [0.1, 0.15) is 39.5 Å². The van der Waals surface area contributed by atoms with Gasteiger partial charge < -0.3 is 9.47 Å². The second-order valence-corrected chi connectivity index (χ2v) is 7.53. The molecule has 0 aromatic rings. The molecule has 3 saturated heterocycles. The highest BCUT2D eigenvalue weighted by molar-refractivity contribution is 6.10. The highest BCUT2D eigenvalue weighted by atomic mass is 19.4. The monoisotopic (exact) mass is 344 g/mol. The quantitative estimate of drug-likeness (QED) is 0.538. The number of hydrogen-bond donors (Lipinski definition) is 0. The fourth-order valence-corrected chi connectivity index (χ4v) is 4.97. The number of ether oxygens (including phenoxy) is 2. The molecule has 4 aliphatic heterocycles. The second-order valence-electron chi connectivity index (χ2n) is 7.53. The van der Waals surface area contributed by atoms with Gasteiger partial charge in [0.1, 0.15) is 0 Å². The van der Waals surface area contributed by atoms with E-state index in [1.807, 2.05) is 0 Å². The summed E-state index contributed by atoms with van der Waals surface area (Å²) in [6.07, 6.45) is -3.29. The first kappa shape index (κ1) is 16.7. The maximum absolute atomic E-state index is 13.5. The molecule has 2 bridgehead atoms. The van der Waals surface area contributed by atoms with Crippen LogP contribution in [0, 0.1) is 17.8 Å². The van der Waals surface area contributed by atoms with Gasteiger partial charge in [0, 0.05) is 18.3 Å². The molecule has 132 valence electrons. The first-order valence-electron chi connectivity index (χ1n) is 8.43. The van der Waals surface area contributed by atoms with Gasteiger partial charge in [-0.15, -0.1) is 0 Å². The first-order chi connectivity index (χ1) is 11.2. The molecular weight excluding hydrogens is 324 g/mol. The van der Waals surface area contributed by atoms with Crippen LogP contribution < -0.4 is 0 Å². The Kier molecular flexibility index (Phi) is 3.58. The third-order valence-electron chi connectivity index (χ3n) is 6.13. The van der Waals surface area contributed by atoms with Gasteiger partial charge in [0.15, 0.2) is 5.60 Å². The number of rotatable bonds is 1. The molecule has 6 atom stereocenters. The fourth-order valence-electron chi connectivity index (χ4n) is 4.97. The third kappa shape index (κ3) is 2.12. The van der Waals surface area contributed by atoms with Crippen LogP contribution in [0.15, 0.2) is 11.3 Å². The molecule has 0 aromatic heterocycles. The van der Waals surface area contributed by atoms with Crippen molar-refractivity contribution in [3.63, 3.8) is 0 Å². The van der Waals surface area contributed by atoms with E-state index in [-0.39, 0.29) is 23.7 Å². The second kappa shape index (κ2) is 5.14. The van der Waals surface area contributed by atoms with Crippen molar-refractivity contribution < 1.29 is 32.4 Å². The van der Waals surface area contributed by atoms with Crippen LogP contribution in [-0.4, -0.2) is 31.7 Å². The fraction of sp³-hybridized carbons (Fsp3) is 0.875. The summed E-state index contributed by atoms with van der Waals surface area (Å²) in [5.41, 5.74) is -0.995. The van der Waals surface area contributed by atoms with Crippen LogP contribution >= 0.6 is 0 Å². The number of fused-ring (bicyclic) bond motifs is 2. The summed E-state index contributed by atoms with van der Waals surface area (Å²) in [5, 5.41) is 0. The van der Waals surface area contributed by atoms with Gasteiger partial charge in [-0.1, -0.05) is 13.2 Å². The SMILES string of the molecule is [B]CC1=C(C(F)(F)F)O[C@@H]2O[C@]3(C)CCC4[C@H](C)CC[C@@H]1[C@]42OO3. The Morgan fingerprint density at radius 2 is 1.96 bits per heavy atom. The minimum absolute atomic E-state index is 0.00177. The minimum Gasteiger partial charge on any atom is -0.456 e. The van der Waals surface area contributed by atoms with Crippen molar-refractivity contribution in [3.8, 4) is 0 Å². The van der Waals surface area contributed by atoms with Gasteiger partial charge in [0.2, 0.25) is 17.8 Å². The number of alkyl halides is 3. The van der Waals surface area contributed by atoms with E-state index in [0.717, 1.165) is 12.8 Å². The highest BCUT2D eigenvalue weighted by Crippen LogP contribution is 2.61. The van der Waals surface area contributed by atoms with Crippen LogP contribution in [-0.2, 0) is 19.2 Å². The zero-order valence-electron chi connectivity index (χ0n) is 13.7. The maximum Gasteiger partial charge on any atom is 0.448 e. The molecule has 2 radical (unpaired) electrons. The van der Waals surface area contributed by atoms with Crippen molar-refractivity contribution in [3.05, 3.63) is 11.3 Å². The summed E-state index contributed by atoms with van der Waals surface area (Å²) in [6.45, 7) is 3.78. The molecule has 1 saturated carbocycles. The summed E-state index contributed by atoms with van der Waals surface area (Å²) in [7, 11) is 5.70. The molecule has 8 heteroatoms. The van der Waals surface area contributed by atoms with E-state index >= 15 is 0 Å². The summed E-state index contributed by atoms with van der Waals surface area (Å²) < 4.78 is 51.7. The molecule has 4 nitrogen and oxygen atoms in total. The van der Waals surface area contributed by atoms with Crippen molar-refractivity contribution in [1.82, 2.24) is 0 Å². The summed E-state index contributed by atoms with van der Waals surface area (Å²) in [5.74, 6) is -2.33. The Balaban J connectivity index is 1.88. The summed E-state index contributed by atoms with van der Waals surface area (Å²) in [4.78, 5) is 11.3. The van der Waals surface area contributed by atoms with E-state index in [0.29, 0.717) is 12.8 Å². The molecule has 0 aromatic carbocycles. The lowest BCUT2D eigenvalue weighted by molar-refractivity contribution is -0.557. The predicted molar refractivity (Wildman–Crippen MR) is 77.5 cm³/mol. The van der Waals surface area contributed by atoms with Gasteiger partial charge in [0.25, 0.3) is 0 Å². The van der Waals surface area contributed by atoms with Crippen molar-refractivity contribution in [2.75, 3.05) is 0 Å². The Hall–Kier alpha value is -0.725. The average molecular weight is 344 g/mol. The first-order valence-corrected chi connectivity index (χ1v) is 8.43. The molecule has 5 rings (SSSR count). The van der Waals surface area contributed by atoms with Gasteiger partial charge in [-0.3, -0.25) is 0 Å². The minimum atomic E-state index is -4.61. The third-order valence-corrected chi connectivity index (χ3v) is 6.13. The molecule has 1 spiro atoms. The van der Waals surface area contributed by atoms with E-state index in [9.17, 15) is 13.2 Å². The molecule has 0 amide bonds. The Bertz CT molecular complexity index is 580. The van der Waals surface area contributed by atoms with E-state index in [4.69, 9.17) is 27.1 Å². The average Bonchev–Trinajstić information content (AvgIpc) is 2.74. The van der Waals surface area contributed by atoms with E-state index in [2.05, 4.69) is 6.92 Å². The molecule has 24 heavy (non-hydrogen) atoms. The van der Waals surface area contributed by atoms with Crippen LogP contribution in [0.3, 0.4) is 0 Å². The van der Waals surface area contributed by atoms with Crippen molar-refractivity contribution in [2.24, 2.45) is 17.8 Å². The van der Waals surface area contributed by atoms with Gasteiger partial charge in [-0.2, -0.15) is 13.2 Å². The van der Waals surface area contributed by atoms with Crippen LogP contribution in [0.2, 0.25) is 6.32 Å².